The summed E-state index contributed by atoms with van der Waals surface area (Å²) in [5, 5.41) is 8.62. The van der Waals surface area contributed by atoms with Crippen molar-refractivity contribution in [3.63, 3.8) is 0 Å². The molecule has 1 atom stereocenters. The van der Waals surface area contributed by atoms with Gasteiger partial charge in [0.1, 0.15) is 6.04 Å². The molecule has 0 saturated carbocycles. The van der Waals surface area contributed by atoms with Crippen molar-refractivity contribution in [3.05, 3.63) is 11.1 Å². The second kappa shape index (κ2) is 4.65. The molecule has 5 nitrogen and oxygen atoms in total. The van der Waals surface area contributed by atoms with Crippen molar-refractivity contribution in [1.29, 1.82) is 0 Å². The summed E-state index contributed by atoms with van der Waals surface area (Å²) < 4.78 is 0. The topological polar surface area (TPSA) is 70.2 Å². The van der Waals surface area contributed by atoms with Gasteiger partial charge in [0, 0.05) is 25.2 Å². The normalized spacial score (nSPS) is 24.4. The lowest BCUT2D eigenvalue weighted by molar-refractivity contribution is -0.128. The van der Waals surface area contributed by atoms with E-state index in [4.69, 9.17) is 0 Å². The van der Waals surface area contributed by atoms with Crippen molar-refractivity contribution >= 4 is 11.8 Å². The molecule has 0 aliphatic carbocycles. The van der Waals surface area contributed by atoms with Crippen LogP contribution in [-0.2, 0) is 9.59 Å². The van der Waals surface area contributed by atoms with E-state index in [1.165, 1.54) is 0 Å². The zero-order valence-electron chi connectivity index (χ0n) is 9.43. The fourth-order valence-electron chi connectivity index (χ4n) is 1.85. The minimum atomic E-state index is -0.357. The molecule has 0 aromatic heterocycles. The molecule has 2 heterocycles. The molecule has 88 valence electrons. The molecule has 2 aliphatic heterocycles. The van der Waals surface area contributed by atoms with Crippen LogP contribution in [0.1, 0.15) is 19.8 Å². The molecule has 2 fully saturated rings. The van der Waals surface area contributed by atoms with Crippen LogP contribution in [-0.4, -0.2) is 37.5 Å². The number of rotatable bonds is 2. The molecule has 0 aromatic rings. The van der Waals surface area contributed by atoms with Crippen LogP contribution in [0.5, 0.6) is 0 Å². The van der Waals surface area contributed by atoms with E-state index in [0.29, 0.717) is 0 Å². The zero-order valence-corrected chi connectivity index (χ0v) is 9.43. The highest BCUT2D eigenvalue weighted by Gasteiger charge is 2.25. The third kappa shape index (κ3) is 2.24. The third-order valence-electron chi connectivity index (χ3n) is 3.14. The van der Waals surface area contributed by atoms with Gasteiger partial charge in [0.25, 0.3) is 0 Å². The first-order chi connectivity index (χ1) is 7.68. The van der Waals surface area contributed by atoms with E-state index in [0.717, 1.165) is 43.6 Å². The highest BCUT2D eigenvalue weighted by atomic mass is 16.2. The molecule has 0 bridgehead atoms. The molecular weight excluding hydrogens is 206 g/mol. The molecular formula is C11H17N3O2. The van der Waals surface area contributed by atoms with Gasteiger partial charge in [-0.1, -0.05) is 0 Å². The van der Waals surface area contributed by atoms with Gasteiger partial charge in [0.15, 0.2) is 0 Å². The lowest BCUT2D eigenvalue weighted by atomic mass is 10.0. The Morgan fingerprint density at radius 2 is 2.19 bits per heavy atom. The van der Waals surface area contributed by atoms with Gasteiger partial charge in [-0.05, 0) is 25.3 Å². The summed E-state index contributed by atoms with van der Waals surface area (Å²) in [5.41, 5.74) is 1.88. The number of carbonyl (C=O) groups excluding carboxylic acids is 2. The quantitative estimate of drug-likeness (QED) is 0.542. The summed E-state index contributed by atoms with van der Waals surface area (Å²) in [4.78, 5) is 23.3. The van der Waals surface area contributed by atoms with E-state index in [-0.39, 0.29) is 17.9 Å². The lowest BCUT2D eigenvalue weighted by Crippen LogP contribution is -2.51. The summed E-state index contributed by atoms with van der Waals surface area (Å²) in [6.07, 6.45) is 1.66. The monoisotopic (exact) mass is 223 g/mol. The molecule has 2 saturated heterocycles. The summed E-state index contributed by atoms with van der Waals surface area (Å²) in [6.45, 7) is 4.10. The Kier molecular flexibility index (Phi) is 3.24. The van der Waals surface area contributed by atoms with E-state index in [1.807, 2.05) is 6.92 Å². The van der Waals surface area contributed by atoms with Gasteiger partial charge < -0.3 is 16.0 Å². The maximum absolute atomic E-state index is 11.8. The van der Waals surface area contributed by atoms with Gasteiger partial charge in [-0.15, -0.1) is 0 Å². The first kappa shape index (κ1) is 11.1. The van der Waals surface area contributed by atoms with Gasteiger partial charge in [-0.2, -0.15) is 0 Å². The Morgan fingerprint density at radius 1 is 1.44 bits per heavy atom. The van der Waals surface area contributed by atoms with Crippen LogP contribution < -0.4 is 16.0 Å². The molecule has 2 amide bonds. The predicted octanol–water partition coefficient (Wildman–Crippen LogP) is -0.699. The number of carbonyl (C=O) groups is 2. The van der Waals surface area contributed by atoms with Gasteiger partial charge in [0.2, 0.25) is 11.8 Å². The molecule has 2 rings (SSSR count). The zero-order chi connectivity index (χ0) is 11.5. The smallest absolute Gasteiger partial charge is 0.247 e. The number of nitrogens with one attached hydrogen (secondary N) is 3. The van der Waals surface area contributed by atoms with Crippen LogP contribution in [0, 0.1) is 0 Å². The summed E-state index contributed by atoms with van der Waals surface area (Å²) in [6, 6.07) is -0.357. The van der Waals surface area contributed by atoms with Gasteiger partial charge in [-0.3, -0.25) is 9.59 Å². The number of hydrogen-bond acceptors (Lipinski definition) is 3. The van der Waals surface area contributed by atoms with Crippen LogP contribution >= 0.6 is 0 Å². The van der Waals surface area contributed by atoms with Gasteiger partial charge >= 0.3 is 0 Å². The Morgan fingerprint density at radius 3 is 2.75 bits per heavy atom. The van der Waals surface area contributed by atoms with Crippen LogP contribution in [0.3, 0.4) is 0 Å². The Balaban J connectivity index is 1.93. The van der Waals surface area contributed by atoms with E-state index >= 15 is 0 Å². The van der Waals surface area contributed by atoms with Gasteiger partial charge in [0.05, 0.1) is 0 Å². The number of piperidine rings is 1. The first-order valence-electron chi connectivity index (χ1n) is 5.66. The Hall–Kier alpha value is -1.36. The standard InChI is InChI=1S/C11H17N3O2/c1-7(8-5-12-6-8)10(15)14-9-3-2-4-13-11(9)16/h9,12H,2-6H2,1H3,(H,13,16)(H,14,15). The van der Waals surface area contributed by atoms with Crippen molar-refractivity contribution in [2.75, 3.05) is 19.6 Å². The fraction of sp³-hybridized carbons (Fsp3) is 0.636. The Labute approximate surface area is 94.7 Å². The maximum atomic E-state index is 11.8. The summed E-state index contributed by atoms with van der Waals surface area (Å²) in [5.74, 6) is -0.178. The molecule has 2 aliphatic rings. The number of hydrogen-bond donors (Lipinski definition) is 3. The average Bonchev–Trinajstić information content (AvgIpc) is 2.18. The molecule has 0 radical (unpaired) electrons. The third-order valence-corrected chi connectivity index (χ3v) is 3.14. The lowest BCUT2D eigenvalue weighted by Gasteiger charge is -2.25. The van der Waals surface area contributed by atoms with E-state index in [9.17, 15) is 9.59 Å². The van der Waals surface area contributed by atoms with Crippen LogP contribution in [0.4, 0.5) is 0 Å². The second-order valence-corrected chi connectivity index (χ2v) is 4.29. The SMILES string of the molecule is CC(C(=O)NC1CCCNC1=O)=C1CNC1. The molecule has 16 heavy (non-hydrogen) atoms. The average molecular weight is 223 g/mol. The maximum Gasteiger partial charge on any atom is 0.247 e. The number of amides is 2. The summed E-state index contributed by atoms with van der Waals surface area (Å²) in [7, 11) is 0. The predicted molar refractivity (Wildman–Crippen MR) is 59.7 cm³/mol. The van der Waals surface area contributed by atoms with Crippen molar-refractivity contribution in [2.24, 2.45) is 0 Å². The highest BCUT2D eigenvalue weighted by molar-refractivity contribution is 5.97. The molecule has 5 heteroatoms. The minimum absolute atomic E-state index is 0.0656. The largest absolute Gasteiger partial charge is 0.354 e. The Bertz CT molecular complexity index is 343. The van der Waals surface area contributed by atoms with Crippen LogP contribution in [0.2, 0.25) is 0 Å². The van der Waals surface area contributed by atoms with Crippen molar-refractivity contribution in [2.45, 2.75) is 25.8 Å². The van der Waals surface area contributed by atoms with E-state index < -0.39 is 0 Å². The van der Waals surface area contributed by atoms with E-state index in [2.05, 4.69) is 16.0 Å². The van der Waals surface area contributed by atoms with Crippen LogP contribution in [0.25, 0.3) is 0 Å². The van der Waals surface area contributed by atoms with Gasteiger partial charge in [-0.25, -0.2) is 0 Å². The second-order valence-electron chi connectivity index (χ2n) is 4.29. The van der Waals surface area contributed by atoms with Crippen molar-refractivity contribution < 1.29 is 9.59 Å². The van der Waals surface area contributed by atoms with Crippen LogP contribution in [0.15, 0.2) is 11.1 Å². The fourth-order valence-corrected chi connectivity index (χ4v) is 1.85. The molecule has 3 N–H and O–H groups in total. The minimum Gasteiger partial charge on any atom is -0.354 e. The molecule has 0 spiro atoms. The molecule has 1 unspecified atom stereocenters. The molecule has 0 aromatic carbocycles. The summed E-state index contributed by atoms with van der Waals surface area (Å²) >= 11 is 0. The van der Waals surface area contributed by atoms with Crippen molar-refractivity contribution in [3.8, 4) is 0 Å². The van der Waals surface area contributed by atoms with Crippen molar-refractivity contribution in [1.82, 2.24) is 16.0 Å². The highest BCUT2D eigenvalue weighted by Crippen LogP contribution is 2.10. The first-order valence-corrected chi connectivity index (χ1v) is 5.66. The van der Waals surface area contributed by atoms with E-state index in [1.54, 1.807) is 0 Å².